The lowest BCUT2D eigenvalue weighted by atomic mass is 10.1. The molecule has 0 atom stereocenters. The van der Waals surface area contributed by atoms with Gasteiger partial charge < -0.3 is 9.30 Å². The number of nitriles is 1. The van der Waals surface area contributed by atoms with Gasteiger partial charge in [-0.1, -0.05) is 48.5 Å². The van der Waals surface area contributed by atoms with Crippen molar-refractivity contribution in [3.8, 4) is 23.2 Å². The van der Waals surface area contributed by atoms with Crippen LogP contribution < -0.4 is 4.74 Å². The van der Waals surface area contributed by atoms with Crippen LogP contribution in [0.15, 0.2) is 54.6 Å². The van der Waals surface area contributed by atoms with Crippen molar-refractivity contribution in [1.29, 1.82) is 5.26 Å². The minimum atomic E-state index is 0.427. The lowest BCUT2D eigenvalue weighted by molar-refractivity contribution is 0.414. The first-order valence-electron chi connectivity index (χ1n) is 7.44. The highest BCUT2D eigenvalue weighted by Gasteiger charge is 2.14. The maximum atomic E-state index is 9.57. The van der Waals surface area contributed by atoms with Gasteiger partial charge in [0.25, 0.3) is 0 Å². The Bertz CT molecular complexity index is 920. The Morgan fingerprint density at radius 1 is 1.08 bits per heavy atom. The highest BCUT2D eigenvalue weighted by molar-refractivity contribution is 5.88. The molecule has 0 bridgehead atoms. The normalized spacial score (nSPS) is 11.1. The van der Waals surface area contributed by atoms with E-state index in [4.69, 9.17) is 4.74 Å². The largest absolute Gasteiger partial charge is 0.496 e. The van der Waals surface area contributed by atoms with Crippen molar-refractivity contribution in [2.75, 3.05) is 7.11 Å². The van der Waals surface area contributed by atoms with Gasteiger partial charge in [-0.25, -0.2) is 0 Å². The fraction of sp³-hybridized carbons (Fsp3) is 0.105. The Hall–Kier alpha value is -3.39. The van der Waals surface area contributed by atoms with Gasteiger partial charge in [0.05, 0.1) is 12.7 Å². The summed E-state index contributed by atoms with van der Waals surface area (Å²) in [5.74, 6) is 1.93. The molecule has 0 spiro atoms. The van der Waals surface area contributed by atoms with Crippen LogP contribution in [0.3, 0.4) is 0 Å². The van der Waals surface area contributed by atoms with E-state index in [0.717, 1.165) is 11.1 Å². The average Bonchev–Trinajstić information content (AvgIpc) is 3.02. The summed E-state index contributed by atoms with van der Waals surface area (Å²) < 4.78 is 7.15. The molecule has 5 heteroatoms. The van der Waals surface area contributed by atoms with Crippen LogP contribution in [0.1, 0.15) is 11.4 Å². The van der Waals surface area contributed by atoms with Gasteiger partial charge in [0.15, 0.2) is 11.6 Å². The minimum absolute atomic E-state index is 0.427. The van der Waals surface area contributed by atoms with Gasteiger partial charge in [-0.3, -0.25) is 0 Å². The number of hydrogen-bond acceptors (Lipinski definition) is 4. The molecular weight excluding hydrogens is 300 g/mol. The van der Waals surface area contributed by atoms with Crippen molar-refractivity contribution in [2.45, 2.75) is 0 Å². The third-order valence-electron chi connectivity index (χ3n) is 3.71. The van der Waals surface area contributed by atoms with E-state index in [-0.39, 0.29) is 0 Å². The topological polar surface area (TPSA) is 63.7 Å². The first kappa shape index (κ1) is 15.5. The van der Waals surface area contributed by atoms with Crippen LogP contribution in [0.25, 0.3) is 23.0 Å². The van der Waals surface area contributed by atoms with Gasteiger partial charge in [0.2, 0.25) is 0 Å². The summed E-state index contributed by atoms with van der Waals surface area (Å²) in [6.45, 7) is 0. The first-order chi connectivity index (χ1) is 11.7. The van der Waals surface area contributed by atoms with E-state index >= 15 is 0 Å². The number of methoxy groups -OCH3 is 1. The number of benzene rings is 2. The van der Waals surface area contributed by atoms with Crippen LogP contribution in [-0.2, 0) is 7.05 Å². The van der Waals surface area contributed by atoms with Gasteiger partial charge in [0.1, 0.15) is 11.8 Å². The second-order valence-corrected chi connectivity index (χ2v) is 5.18. The van der Waals surface area contributed by atoms with E-state index < -0.39 is 0 Å². The number of allylic oxidation sites excluding steroid dienone is 1. The van der Waals surface area contributed by atoms with Gasteiger partial charge in [0, 0.05) is 18.2 Å². The number of rotatable bonds is 4. The van der Waals surface area contributed by atoms with E-state index in [2.05, 4.69) is 16.3 Å². The molecule has 0 saturated heterocycles. The molecule has 0 unspecified atom stereocenters. The fourth-order valence-electron chi connectivity index (χ4n) is 2.49. The lowest BCUT2D eigenvalue weighted by Gasteiger charge is -2.06. The van der Waals surface area contributed by atoms with Gasteiger partial charge >= 0.3 is 0 Å². The predicted octanol–water partition coefficient (Wildman–Crippen LogP) is 3.55. The van der Waals surface area contributed by atoms with Crippen molar-refractivity contribution in [3.63, 3.8) is 0 Å². The fourth-order valence-corrected chi connectivity index (χ4v) is 2.49. The Kier molecular flexibility index (Phi) is 4.39. The zero-order valence-electron chi connectivity index (χ0n) is 13.5. The Morgan fingerprint density at radius 3 is 2.50 bits per heavy atom. The molecule has 24 heavy (non-hydrogen) atoms. The quantitative estimate of drug-likeness (QED) is 0.690. The maximum absolute atomic E-state index is 9.57. The lowest BCUT2D eigenvalue weighted by Crippen LogP contribution is -1.98. The predicted molar refractivity (Wildman–Crippen MR) is 92.9 cm³/mol. The highest BCUT2D eigenvalue weighted by Crippen LogP contribution is 2.25. The van der Waals surface area contributed by atoms with Gasteiger partial charge in [-0.15, -0.1) is 10.2 Å². The molecule has 1 heterocycles. The molecular formula is C19H16N4O. The van der Waals surface area contributed by atoms with Crippen molar-refractivity contribution >= 4 is 11.6 Å². The number of nitrogens with zero attached hydrogens (tertiary/aromatic N) is 4. The molecule has 0 aliphatic rings. The van der Waals surface area contributed by atoms with Crippen molar-refractivity contribution < 1.29 is 4.74 Å². The third kappa shape index (κ3) is 2.90. The standard InChI is InChI=1S/C19H16N4O/c1-23-18(14-8-4-3-5-9-14)21-22-19(23)16(13-20)12-15-10-6-7-11-17(15)24-2/h3-12H,1-2H3/b16-12-. The molecule has 0 radical (unpaired) electrons. The van der Waals surface area contributed by atoms with Gasteiger partial charge in [-0.2, -0.15) is 5.26 Å². The number of para-hydroxylation sites is 1. The summed E-state index contributed by atoms with van der Waals surface area (Å²) in [7, 11) is 3.46. The number of aromatic nitrogens is 3. The zero-order valence-corrected chi connectivity index (χ0v) is 13.5. The van der Waals surface area contributed by atoms with E-state index in [1.807, 2.05) is 66.2 Å². The SMILES string of the molecule is COc1ccccc1/C=C(/C#N)c1nnc(-c2ccccc2)n1C. The molecule has 0 saturated carbocycles. The summed E-state index contributed by atoms with van der Waals surface area (Å²) in [5.41, 5.74) is 2.20. The van der Waals surface area contributed by atoms with Crippen LogP contribution in [-0.4, -0.2) is 21.9 Å². The van der Waals surface area contributed by atoms with Gasteiger partial charge in [-0.05, 0) is 12.1 Å². The number of ether oxygens (including phenoxy) is 1. The molecule has 0 aliphatic carbocycles. The summed E-state index contributed by atoms with van der Waals surface area (Å²) in [6, 6.07) is 19.5. The van der Waals surface area contributed by atoms with Crippen LogP contribution in [0.5, 0.6) is 5.75 Å². The second-order valence-electron chi connectivity index (χ2n) is 5.18. The molecule has 2 aromatic carbocycles. The molecule has 0 amide bonds. The first-order valence-corrected chi connectivity index (χ1v) is 7.44. The monoisotopic (exact) mass is 316 g/mol. The molecule has 3 aromatic rings. The van der Waals surface area contributed by atoms with E-state index in [1.54, 1.807) is 13.2 Å². The molecule has 0 N–H and O–H groups in total. The Morgan fingerprint density at radius 2 is 1.79 bits per heavy atom. The Labute approximate surface area is 140 Å². The molecule has 118 valence electrons. The second kappa shape index (κ2) is 6.80. The van der Waals surface area contributed by atoms with Crippen molar-refractivity contribution in [3.05, 3.63) is 66.0 Å². The minimum Gasteiger partial charge on any atom is -0.496 e. The third-order valence-corrected chi connectivity index (χ3v) is 3.71. The average molecular weight is 316 g/mol. The molecule has 3 rings (SSSR count). The van der Waals surface area contributed by atoms with Crippen LogP contribution in [0.2, 0.25) is 0 Å². The summed E-state index contributed by atoms with van der Waals surface area (Å²) in [6.07, 6.45) is 1.76. The molecule has 5 nitrogen and oxygen atoms in total. The molecule has 1 aromatic heterocycles. The Balaban J connectivity index is 2.06. The maximum Gasteiger partial charge on any atom is 0.174 e. The molecule has 0 fully saturated rings. The van der Waals surface area contributed by atoms with Crippen LogP contribution in [0, 0.1) is 11.3 Å². The van der Waals surface area contributed by atoms with Crippen LogP contribution in [0.4, 0.5) is 0 Å². The van der Waals surface area contributed by atoms with Crippen molar-refractivity contribution in [1.82, 2.24) is 14.8 Å². The summed E-state index contributed by atoms with van der Waals surface area (Å²) >= 11 is 0. The van der Waals surface area contributed by atoms with E-state index in [9.17, 15) is 5.26 Å². The van der Waals surface area contributed by atoms with E-state index in [1.165, 1.54) is 0 Å². The zero-order chi connectivity index (χ0) is 16.9. The number of hydrogen-bond donors (Lipinski definition) is 0. The van der Waals surface area contributed by atoms with E-state index in [0.29, 0.717) is 23.0 Å². The highest BCUT2D eigenvalue weighted by atomic mass is 16.5. The van der Waals surface area contributed by atoms with Crippen LogP contribution >= 0.6 is 0 Å². The molecule has 0 aliphatic heterocycles. The summed E-state index contributed by atoms with van der Waals surface area (Å²) in [5, 5.41) is 18.0. The summed E-state index contributed by atoms with van der Waals surface area (Å²) in [4.78, 5) is 0. The van der Waals surface area contributed by atoms with Crippen molar-refractivity contribution in [2.24, 2.45) is 7.05 Å². The smallest absolute Gasteiger partial charge is 0.174 e.